The van der Waals surface area contributed by atoms with Crippen molar-refractivity contribution < 1.29 is 4.79 Å². The highest BCUT2D eigenvalue weighted by Crippen LogP contribution is 2.25. The predicted octanol–water partition coefficient (Wildman–Crippen LogP) is 3.26. The molecular weight excluding hydrogens is 222 g/mol. The lowest BCUT2D eigenvalue weighted by Crippen LogP contribution is -2.14. The lowest BCUT2D eigenvalue weighted by molar-refractivity contribution is -0.112. The van der Waals surface area contributed by atoms with Crippen LogP contribution in [0.5, 0.6) is 0 Å². The molecule has 2 aromatic carbocycles. The first-order valence-corrected chi connectivity index (χ1v) is 5.98. The van der Waals surface area contributed by atoms with Crippen LogP contribution in [0.2, 0.25) is 0 Å². The lowest BCUT2D eigenvalue weighted by atomic mass is 10.1. The summed E-state index contributed by atoms with van der Waals surface area (Å²) < 4.78 is 0. The zero-order chi connectivity index (χ0) is 12.4. The monoisotopic (exact) mass is 235 g/mol. The van der Waals surface area contributed by atoms with E-state index in [1.54, 1.807) is 0 Å². The maximum absolute atomic E-state index is 12.1. The Balaban J connectivity index is 1.77. The number of fused-ring (bicyclic) bond motifs is 1. The molecule has 3 rings (SSSR count). The Morgan fingerprint density at radius 3 is 2.44 bits per heavy atom. The summed E-state index contributed by atoms with van der Waals surface area (Å²) in [5.41, 5.74) is 4.02. The molecule has 0 fully saturated rings. The summed E-state index contributed by atoms with van der Waals surface area (Å²) in [4.78, 5) is 12.1. The van der Waals surface area contributed by atoms with Crippen molar-refractivity contribution in [1.29, 1.82) is 0 Å². The molecule has 0 atom stereocenters. The molecule has 1 amide bonds. The fraction of sp³-hybridized carbons (Fsp3) is 0.0625. The van der Waals surface area contributed by atoms with Crippen LogP contribution in [-0.4, -0.2) is 5.91 Å². The second-order valence-electron chi connectivity index (χ2n) is 4.37. The smallest absolute Gasteiger partial charge is 0.251 e. The van der Waals surface area contributed by atoms with Crippen LogP contribution < -0.4 is 5.32 Å². The van der Waals surface area contributed by atoms with Gasteiger partial charge in [-0.15, -0.1) is 0 Å². The maximum Gasteiger partial charge on any atom is 0.251 e. The highest BCUT2D eigenvalue weighted by molar-refractivity contribution is 6.08. The maximum atomic E-state index is 12.1. The summed E-state index contributed by atoms with van der Waals surface area (Å²) in [5, 5.41) is 2.91. The SMILES string of the molecule is O=C(Nc1ccccc1)C1=Cc2ccccc2C1. The van der Waals surface area contributed by atoms with Gasteiger partial charge in [0.1, 0.15) is 0 Å². The van der Waals surface area contributed by atoms with E-state index in [0.717, 1.165) is 23.2 Å². The van der Waals surface area contributed by atoms with E-state index in [2.05, 4.69) is 11.4 Å². The Morgan fingerprint density at radius 1 is 0.944 bits per heavy atom. The van der Waals surface area contributed by atoms with Crippen molar-refractivity contribution in [2.45, 2.75) is 6.42 Å². The van der Waals surface area contributed by atoms with Gasteiger partial charge in [-0.05, 0) is 29.3 Å². The van der Waals surface area contributed by atoms with E-state index in [4.69, 9.17) is 0 Å². The fourth-order valence-electron chi connectivity index (χ4n) is 2.16. The molecule has 0 saturated carbocycles. The molecule has 2 heteroatoms. The zero-order valence-corrected chi connectivity index (χ0v) is 9.89. The minimum absolute atomic E-state index is 0.0163. The van der Waals surface area contributed by atoms with Crippen LogP contribution in [-0.2, 0) is 11.2 Å². The lowest BCUT2D eigenvalue weighted by Gasteiger charge is -2.05. The van der Waals surface area contributed by atoms with Crippen LogP contribution in [0.4, 0.5) is 5.69 Å². The van der Waals surface area contributed by atoms with Crippen LogP contribution in [0, 0.1) is 0 Å². The van der Waals surface area contributed by atoms with Gasteiger partial charge in [-0.3, -0.25) is 4.79 Å². The Morgan fingerprint density at radius 2 is 1.67 bits per heavy atom. The number of carbonyl (C=O) groups is 1. The second kappa shape index (κ2) is 4.49. The van der Waals surface area contributed by atoms with E-state index in [1.165, 1.54) is 5.56 Å². The van der Waals surface area contributed by atoms with E-state index in [1.807, 2.05) is 54.6 Å². The molecule has 0 heterocycles. The molecule has 1 aliphatic rings. The Hall–Kier alpha value is -2.35. The normalized spacial score (nSPS) is 12.8. The van der Waals surface area contributed by atoms with Gasteiger partial charge in [0.05, 0.1) is 0 Å². The molecule has 1 N–H and O–H groups in total. The molecule has 18 heavy (non-hydrogen) atoms. The van der Waals surface area contributed by atoms with E-state index < -0.39 is 0 Å². The van der Waals surface area contributed by atoms with Crippen molar-refractivity contribution in [3.63, 3.8) is 0 Å². The third-order valence-electron chi connectivity index (χ3n) is 3.09. The predicted molar refractivity (Wildman–Crippen MR) is 73.2 cm³/mol. The number of amides is 1. The van der Waals surface area contributed by atoms with Crippen molar-refractivity contribution in [1.82, 2.24) is 0 Å². The number of anilines is 1. The highest BCUT2D eigenvalue weighted by Gasteiger charge is 2.17. The topological polar surface area (TPSA) is 29.1 Å². The first-order chi connectivity index (χ1) is 8.83. The van der Waals surface area contributed by atoms with Gasteiger partial charge in [-0.2, -0.15) is 0 Å². The van der Waals surface area contributed by atoms with Gasteiger partial charge >= 0.3 is 0 Å². The molecule has 2 aromatic rings. The molecular formula is C16H13NO. The number of benzene rings is 2. The molecule has 88 valence electrons. The van der Waals surface area contributed by atoms with Gasteiger partial charge in [-0.1, -0.05) is 42.5 Å². The quantitative estimate of drug-likeness (QED) is 0.850. The first kappa shape index (κ1) is 10.8. The number of nitrogens with one attached hydrogen (secondary N) is 1. The molecule has 0 saturated heterocycles. The minimum atomic E-state index is -0.0163. The van der Waals surface area contributed by atoms with Crippen LogP contribution in [0.1, 0.15) is 11.1 Å². The van der Waals surface area contributed by atoms with Crippen LogP contribution in [0.3, 0.4) is 0 Å². The second-order valence-corrected chi connectivity index (χ2v) is 4.37. The Bertz CT molecular complexity index is 614. The number of hydrogen-bond acceptors (Lipinski definition) is 1. The Labute approximate surface area is 106 Å². The minimum Gasteiger partial charge on any atom is -0.322 e. The van der Waals surface area contributed by atoms with Crippen molar-refractivity contribution in [2.75, 3.05) is 5.32 Å². The molecule has 0 radical (unpaired) electrons. The third-order valence-corrected chi connectivity index (χ3v) is 3.09. The summed E-state index contributed by atoms with van der Waals surface area (Å²) in [6.45, 7) is 0. The summed E-state index contributed by atoms with van der Waals surface area (Å²) >= 11 is 0. The fourth-order valence-corrected chi connectivity index (χ4v) is 2.16. The van der Waals surface area contributed by atoms with Gasteiger partial charge in [0.25, 0.3) is 5.91 Å². The van der Waals surface area contributed by atoms with Gasteiger partial charge in [0.15, 0.2) is 0 Å². The van der Waals surface area contributed by atoms with Gasteiger partial charge in [0.2, 0.25) is 0 Å². The summed E-state index contributed by atoms with van der Waals surface area (Å²) in [6.07, 6.45) is 2.68. The largest absolute Gasteiger partial charge is 0.322 e. The molecule has 0 aliphatic heterocycles. The number of rotatable bonds is 2. The van der Waals surface area contributed by atoms with E-state index >= 15 is 0 Å². The van der Waals surface area contributed by atoms with Gasteiger partial charge in [0, 0.05) is 17.7 Å². The number of hydrogen-bond donors (Lipinski definition) is 1. The summed E-state index contributed by atoms with van der Waals surface area (Å²) in [7, 11) is 0. The summed E-state index contributed by atoms with van der Waals surface area (Å²) in [5.74, 6) is -0.0163. The number of carbonyl (C=O) groups excluding carboxylic acids is 1. The van der Waals surface area contributed by atoms with E-state index in [-0.39, 0.29) is 5.91 Å². The number of para-hydroxylation sites is 1. The molecule has 0 spiro atoms. The molecule has 0 bridgehead atoms. The van der Waals surface area contributed by atoms with Crippen molar-refractivity contribution >= 4 is 17.7 Å². The zero-order valence-electron chi connectivity index (χ0n) is 9.89. The van der Waals surface area contributed by atoms with Crippen LogP contribution in [0.15, 0.2) is 60.2 Å². The standard InChI is InChI=1S/C16H13NO/c18-16(17-15-8-2-1-3-9-15)14-10-12-6-4-5-7-13(12)11-14/h1-10H,11H2,(H,17,18). The van der Waals surface area contributed by atoms with Crippen LogP contribution in [0.25, 0.3) is 6.08 Å². The van der Waals surface area contributed by atoms with E-state index in [0.29, 0.717) is 0 Å². The molecule has 0 unspecified atom stereocenters. The van der Waals surface area contributed by atoms with E-state index in [9.17, 15) is 4.79 Å². The highest BCUT2D eigenvalue weighted by atomic mass is 16.1. The average molecular weight is 235 g/mol. The third kappa shape index (κ3) is 2.05. The Kier molecular flexibility index (Phi) is 2.69. The van der Waals surface area contributed by atoms with Crippen LogP contribution >= 0.6 is 0 Å². The first-order valence-electron chi connectivity index (χ1n) is 5.98. The van der Waals surface area contributed by atoms with Gasteiger partial charge < -0.3 is 5.32 Å². The molecule has 1 aliphatic carbocycles. The average Bonchev–Trinajstić information content (AvgIpc) is 2.84. The van der Waals surface area contributed by atoms with Crippen molar-refractivity contribution in [2.24, 2.45) is 0 Å². The van der Waals surface area contributed by atoms with Crippen molar-refractivity contribution in [3.8, 4) is 0 Å². The summed E-state index contributed by atoms with van der Waals surface area (Å²) in [6, 6.07) is 17.6. The molecule has 0 aromatic heterocycles. The molecule has 2 nitrogen and oxygen atoms in total. The van der Waals surface area contributed by atoms with Crippen molar-refractivity contribution in [3.05, 3.63) is 71.3 Å². The van der Waals surface area contributed by atoms with Gasteiger partial charge in [-0.25, -0.2) is 0 Å².